The first-order valence-electron chi connectivity index (χ1n) is 9.54. The second-order valence-electron chi connectivity index (χ2n) is 6.85. The lowest BCUT2D eigenvalue weighted by Crippen LogP contribution is -2.15. The Kier molecular flexibility index (Phi) is 6.21. The molecule has 154 valence electrons. The third kappa shape index (κ3) is 5.05. The Bertz CT molecular complexity index is 1210. The third-order valence-corrected chi connectivity index (χ3v) is 5.76. The van der Waals surface area contributed by atoms with Crippen molar-refractivity contribution in [1.29, 1.82) is 0 Å². The summed E-state index contributed by atoms with van der Waals surface area (Å²) < 4.78 is 0. The highest BCUT2D eigenvalue weighted by Crippen LogP contribution is 2.36. The Balaban J connectivity index is 1.74. The average molecular weight is 447 g/mol. The van der Waals surface area contributed by atoms with E-state index >= 15 is 0 Å². The molecule has 0 atom stereocenters. The summed E-state index contributed by atoms with van der Waals surface area (Å²) in [6.07, 6.45) is 0. The van der Waals surface area contributed by atoms with Gasteiger partial charge in [0.2, 0.25) is 0 Å². The van der Waals surface area contributed by atoms with Crippen LogP contribution in [0.3, 0.4) is 0 Å². The van der Waals surface area contributed by atoms with Gasteiger partial charge in [0.1, 0.15) is 10.7 Å². The number of rotatable bonds is 5. The van der Waals surface area contributed by atoms with Crippen LogP contribution in [0.5, 0.6) is 0 Å². The standard InChI is InChI=1S/C24H19ClN4OS/c1-15-7-9-16(10-8-15)22-28-21(26)20(24(29-22)31-19-5-3-2-4-6-19)27-23(30)17-11-13-18(25)14-12-17/h2-14H,1H3,(H,27,30)(H2,26,28,29). The highest BCUT2D eigenvalue weighted by molar-refractivity contribution is 7.99. The number of carbonyl (C=O) groups is 1. The van der Waals surface area contributed by atoms with E-state index in [9.17, 15) is 4.79 Å². The zero-order valence-corrected chi connectivity index (χ0v) is 18.2. The number of aryl methyl sites for hydroxylation is 1. The van der Waals surface area contributed by atoms with Crippen molar-refractivity contribution < 1.29 is 4.79 Å². The average Bonchev–Trinajstić information content (AvgIpc) is 2.77. The van der Waals surface area contributed by atoms with Crippen LogP contribution in [0.1, 0.15) is 15.9 Å². The molecule has 0 aliphatic rings. The SMILES string of the molecule is Cc1ccc(-c2nc(N)c(NC(=O)c3ccc(Cl)cc3)c(Sc3ccccc3)n2)cc1. The fourth-order valence-electron chi connectivity index (χ4n) is 2.87. The predicted molar refractivity (Wildman–Crippen MR) is 127 cm³/mol. The van der Waals surface area contributed by atoms with Gasteiger partial charge in [0, 0.05) is 21.0 Å². The lowest BCUT2D eigenvalue weighted by atomic mass is 10.1. The summed E-state index contributed by atoms with van der Waals surface area (Å²) in [5.74, 6) is 0.386. The van der Waals surface area contributed by atoms with Gasteiger partial charge in [-0.2, -0.15) is 0 Å². The fraction of sp³-hybridized carbons (Fsp3) is 0.0417. The molecule has 0 aliphatic carbocycles. The van der Waals surface area contributed by atoms with Crippen molar-refractivity contribution in [1.82, 2.24) is 9.97 Å². The van der Waals surface area contributed by atoms with Crippen LogP contribution < -0.4 is 11.1 Å². The number of carbonyl (C=O) groups excluding carboxylic acids is 1. The highest BCUT2D eigenvalue weighted by atomic mass is 35.5. The van der Waals surface area contributed by atoms with E-state index in [0.29, 0.717) is 27.1 Å². The van der Waals surface area contributed by atoms with Gasteiger partial charge in [0.15, 0.2) is 11.6 Å². The largest absolute Gasteiger partial charge is 0.382 e. The topological polar surface area (TPSA) is 80.9 Å². The molecule has 3 N–H and O–H groups in total. The van der Waals surface area contributed by atoms with Gasteiger partial charge in [0.05, 0.1) is 0 Å². The van der Waals surface area contributed by atoms with Crippen molar-refractivity contribution in [2.45, 2.75) is 16.8 Å². The third-order valence-electron chi connectivity index (χ3n) is 4.52. The minimum Gasteiger partial charge on any atom is -0.382 e. The van der Waals surface area contributed by atoms with E-state index in [1.807, 2.05) is 61.5 Å². The quantitative estimate of drug-likeness (QED) is 0.362. The molecule has 0 aliphatic heterocycles. The summed E-state index contributed by atoms with van der Waals surface area (Å²) in [7, 11) is 0. The van der Waals surface area contributed by atoms with Crippen LogP contribution in [0.25, 0.3) is 11.4 Å². The summed E-state index contributed by atoms with van der Waals surface area (Å²) in [4.78, 5) is 22.9. The minimum absolute atomic E-state index is 0.200. The van der Waals surface area contributed by atoms with E-state index in [1.54, 1.807) is 24.3 Å². The summed E-state index contributed by atoms with van der Waals surface area (Å²) in [6, 6.07) is 24.3. The molecule has 0 fully saturated rings. The number of aromatic nitrogens is 2. The number of anilines is 2. The molecular formula is C24H19ClN4OS. The van der Waals surface area contributed by atoms with Crippen molar-refractivity contribution >= 4 is 40.8 Å². The number of hydrogen-bond acceptors (Lipinski definition) is 5. The van der Waals surface area contributed by atoms with Gasteiger partial charge in [-0.15, -0.1) is 0 Å². The number of nitrogens with zero attached hydrogens (tertiary/aromatic N) is 2. The Hall–Kier alpha value is -3.35. The summed E-state index contributed by atoms with van der Waals surface area (Å²) in [5.41, 5.74) is 9.12. The maximum Gasteiger partial charge on any atom is 0.255 e. The van der Waals surface area contributed by atoms with Gasteiger partial charge in [-0.3, -0.25) is 4.79 Å². The molecule has 0 saturated carbocycles. The zero-order chi connectivity index (χ0) is 21.8. The molecule has 0 bridgehead atoms. The number of nitrogen functional groups attached to an aromatic ring is 1. The van der Waals surface area contributed by atoms with Gasteiger partial charge in [-0.1, -0.05) is 71.4 Å². The molecule has 0 radical (unpaired) electrons. The second kappa shape index (κ2) is 9.20. The number of hydrogen-bond donors (Lipinski definition) is 2. The van der Waals surface area contributed by atoms with Crippen LogP contribution in [0, 0.1) is 6.92 Å². The van der Waals surface area contributed by atoms with Crippen molar-refractivity contribution in [2.75, 3.05) is 11.1 Å². The Labute approximate surface area is 189 Å². The van der Waals surface area contributed by atoms with Crippen LogP contribution in [0.4, 0.5) is 11.5 Å². The van der Waals surface area contributed by atoms with Crippen LogP contribution in [0.2, 0.25) is 5.02 Å². The van der Waals surface area contributed by atoms with E-state index in [0.717, 1.165) is 16.0 Å². The molecule has 5 nitrogen and oxygen atoms in total. The Morgan fingerprint density at radius 1 is 0.935 bits per heavy atom. The molecule has 1 amide bonds. The van der Waals surface area contributed by atoms with E-state index in [2.05, 4.69) is 10.3 Å². The predicted octanol–water partition coefficient (Wildman–Crippen LogP) is 6.09. The Morgan fingerprint density at radius 2 is 1.61 bits per heavy atom. The molecule has 31 heavy (non-hydrogen) atoms. The van der Waals surface area contributed by atoms with Crippen LogP contribution in [-0.2, 0) is 0 Å². The van der Waals surface area contributed by atoms with E-state index < -0.39 is 0 Å². The van der Waals surface area contributed by atoms with Crippen LogP contribution >= 0.6 is 23.4 Å². The van der Waals surface area contributed by atoms with Crippen molar-refractivity contribution in [3.8, 4) is 11.4 Å². The number of nitrogens with one attached hydrogen (secondary N) is 1. The molecule has 1 heterocycles. The lowest BCUT2D eigenvalue weighted by Gasteiger charge is -2.14. The van der Waals surface area contributed by atoms with Gasteiger partial charge < -0.3 is 11.1 Å². The number of amides is 1. The highest BCUT2D eigenvalue weighted by Gasteiger charge is 2.18. The molecule has 4 rings (SSSR count). The molecule has 0 unspecified atom stereocenters. The number of nitrogens with two attached hydrogens (primary N) is 1. The molecular weight excluding hydrogens is 428 g/mol. The Morgan fingerprint density at radius 3 is 2.29 bits per heavy atom. The van der Waals surface area contributed by atoms with Gasteiger partial charge in [0.25, 0.3) is 5.91 Å². The maximum absolute atomic E-state index is 12.8. The van der Waals surface area contributed by atoms with Crippen LogP contribution in [0.15, 0.2) is 88.8 Å². The normalized spacial score (nSPS) is 10.6. The zero-order valence-electron chi connectivity index (χ0n) is 16.7. The first kappa shape index (κ1) is 20.9. The van der Waals surface area contributed by atoms with Gasteiger partial charge in [-0.05, 0) is 43.3 Å². The van der Waals surface area contributed by atoms with E-state index in [4.69, 9.17) is 22.3 Å². The second-order valence-corrected chi connectivity index (χ2v) is 8.35. The fourth-order valence-corrected chi connectivity index (χ4v) is 3.90. The van der Waals surface area contributed by atoms with Crippen molar-refractivity contribution in [2.24, 2.45) is 0 Å². The molecule has 0 saturated heterocycles. The lowest BCUT2D eigenvalue weighted by molar-refractivity contribution is 0.102. The molecule has 7 heteroatoms. The summed E-state index contributed by atoms with van der Waals surface area (Å²) in [5, 5.41) is 3.99. The smallest absolute Gasteiger partial charge is 0.255 e. The molecule has 0 spiro atoms. The summed E-state index contributed by atoms with van der Waals surface area (Å²) >= 11 is 7.34. The van der Waals surface area contributed by atoms with E-state index in [-0.39, 0.29) is 11.7 Å². The molecule has 4 aromatic rings. The van der Waals surface area contributed by atoms with Crippen molar-refractivity contribution in [3.63, 3.8) is 0 Å². The van der Waals surface area contributed by atoms with Crippen molar-refractivity contribution in [3.05, 3.63) is 95.0 Å². The minimum atomic E-state index is -0.315. The molecule has 3 aromatic carbocycles. The van der Waals surface area contributed by atoms with Gasteiger partial charge >= 0.3 is 0 Å². The number of benzene rings is 3. The molecule has 1 aromatic heterocycles. The summed E-state index contributed by atoms with van der Waals surface area (Å²) in [6.45, 7) is 2.02. The van der Waals surface area contributed by atoms with Crippen LogP contribution in [-0.4, -0.2) is 15.9 Å². The first-order chi connectivity index (χ1) is 15.0. The monoisotopic (exact) mass is 446 g/mol. The van der Waals surface area contributed by atoms with E-state index in [1.165, 1.54) is 11.8 Å². The first-order valence-corrected chi connectivity index (χ1v) is 10.7. The number of halogens is 1. The van der Waals surface area contributed by atoms with Gasteiger partial charge in [-0.25, -0.2) is 9.97 Å². The maximum atomic E-state index is 12.8.